The molecule has 6 nitrogen and oxygen atoms in total. The number of ether oxygens (including phenoxy) is 2. The zero-order valence-corrected chi connectivity index (χ0v) is 15.7. The molecule has 0 bridgehead atoms. The van der Waals surface area contributed by atoms with E-state index in [1.54, 1.807) is 18.2 Å². The van der Waals surface area contributed by atoms with Crippen LogP contribution in [0.4, 0.5) is 0 Å². The highest BCUT2D eigenvalue weighted by molar-refractivity contribution is 6.11. The average Bonchev–Trinajstić information content (AvgIpc) is 3.03. The van der Waals surface area contributed by atoms with Crippen LogP contribution >= 0.6 is 0 Å². The minimum absolute atomic E-state index is 0.0334. The first-order valence-electron chi connectivity index (χ1n) is 8.96. The quantitative estimate of drug-likeness (QED) is 0.414. The number of ketones is 1. The molecule has 1 fully saturated rings. The van der Waals surface area contributed by atoms with Gasteiger partial charge >= 0.3 is 5.97 Å². The van der Waals surface area contributed by atoms with Crippen molar-refractivity contribution in [1.82, 2.24) is 4.90 Å². The first-order chi connectivity index (χ1) is 12.5. The standard InChI is InChI=1S/C20H27NO5/c1-4-21(5-2)12-10-20(11-13-26-19(20)24)18(23)9-7-15-6-8-16(22)17(14-15)25-3/h6-9,14,22H,4-5,10-13H2,1-3H3/b9-7+. The molecule has 1 aliphatic heterocycles. The molecule has 0 amide bonds. The van der Waals surface area contributed by atoms with Crippen LogP contribution in [0.15, 0.2) is 24.3 Å². The molecule has 26 heavy (non-hydrogen) atoms. The van der Waals surface area contributed by atoms with E-state index < -0.39 is 11.4 Å². The largest absolute Gasteiger partial charge is 0.504 e. The number of aromatic hydroxyl groups is 1. The Morgan fingerprint density at radius 1 is 1.38 bits per heavy atom. The third-order valence-corrected chi connectivity index (χ3v) is 5.00. The molecule has 1 atom stereocenters. The number of hydrogen-bond donors (Lipinski definition) is 1. The van der Waals surface area contributed by atoms with Gasteiger partial charge in [-0.1, -0.05) is 26.0 Å². The number of carbonyl (C=O) groups excluding carboxylic acids is 2. The van der Waals surface area contributed by atoms with Crippen molar-refractivity contribution in [2.75, 3.05) is 33.4 Å². The number of carbonyl (C=O) groups is 2. The minimum Gasteiger partial charge on any atom is -0.504 e. The highest BCUT2D eigenvalue weighted by atomic mass is 16.5. The third-order valence-electron chi connectivity index (χ3n) is 5.00. The van der Waals surface area contributed by atoms with Gasteiger partial charge in [0.25, 0.3) is 0 Å². The topological polar surface area (TPSA) is 76.1 Å². The Balaban J connectivity index is 2.18. The summed E-state index contributed by atoms with van der Waals surface area (Å²) in [6.45, 7) is 6.82. The first kappa shape index (κ1) is 20.0. The van der Waals surface area contributed by atoms with E-state index in [9.17, 15) is 14.7 Å². The van der Waals surface area contributed by atoms with E-state index in [1.807, 2.05) is 0 Å². The van der Waals surface area contributed by atoms with Crippen LogP contribution in [0.2, 0.25) is 0 Å². The lowest BCUT2D eigenvalue weighted by atomic mass is 9.78. The van der Waals surface area contributed by atoms with Crippen LogP contribution in [0.25, 0.3) is 6.08 Å². The van der Waals surface area contributed by atoms with Crippen LogP contribution in [0, 0.1) is 5.41 Å². The Labute approximate surface area is 154 Å². The maximum Gasteiger partial charge on any atom is 0.320 e. The lowest BCUT2D eigenvalue weighted by Crippen LogP contribution is -2.39. The molecule has 6 heteroatoms. The summed E-state index contributed by atoms with van der Waals surface area (Å²) in [6.07, 6.45) is 3.93. The molecule has 1 unspecified atom stereocenters. The fourth-order valence-electron chi connectivity index (χ4n) is 3.15. The minimum atomic E-state index is -1.10. The number of phenols is 1. The number of allylic oxidation sites excluding steroid dienone is 1. The highest BCUT2D eigenvalue weighted by Gasteiger charge is 2.49. The second-order valence-corrected chi connectivity index (χ2v) is 6.37. The molecule has 1 saturated heterocycles. The summed E-state index contributed by atoms with van der Waals surface area (Å²) in [5.41, 5.74) is -0.390. The van der Waals surface area contributed by atoms with E-state index in [-0.39, 0.29) is 18.1 Å². The summed E-state index contributed by atoms with van der Waals surface area (Å²) in [4.78, 5) is 27.4. The van der Waals surface area contributed by atoms with Gasteiger partial charge in [-0.3, -0.25) is 9.59 Å². The number of hydrogen-bond acceptors (Lipinski definition) is 6. The maximum atomic E-state index is 12.9. The Morgan fingerprint density at radius 2 is 2.12 bits per heavy atom. The number of phenolic OH excluding ortho intramolecular Hbond substituents is 1. The van der Waals surface area contributed by atoms with E-state index in [4.69, 9.17) is 9.47 Å². The summed E-state index contributed by atoms with van der Waals surface area (Å²) in [7, 11) is 1.46. The van der Waals surface area contributed by atoms with Gasteiger partial charge in [-0.15, -0.1) is 0 Å². The van der Waals surface area contributed by atoms with Crippen LogP contribution in [-0.4, -0.2) is 55.1 Å². The van der Waals surface area contributed by atoms with Crippen molar-refractivity contribution < 1.29 is 24.2 Å². The molecule has 0 aromatic heterocycles. The Kier molecular flexibility index (Phi) is 6.80. The molecule has 1 aromatic rings. The van der Waals surface area contributed by atoms with Gasteiger partial charge < -0.3 is 19.5 Å². The number of rotatable bonds is 9. The van der Waals surface area contributed by atoms with Gasteiger partial charge in [0.05, 0.1) is 13.7 Å². The van der Waals surface area contributed by atoms with Crippen LogP contribution in [-0.2, 0) is 14.3 Å². The molecule has 1 heterocycles. The normalized spacial score (nSPS) is 19.9. The number of nitrogens with zero attached hydrogens (tertiary/aromatic N) is 1. The molecular formula is C20H27NO5. The van der Waals surface area contributed by atoms with Crippen LogP contribution < -0.4 is 4.74 Å². The number of benzene rings is 1. The molecule has 142 valence electrons. The predicted molar refractivity (Wildman–Crippen MR) is 99.1 cm³/mol. The SMILES string of the molecule is CCN(CC)CCC1(C(=O)/C=C/c2ccc(O)c(OC)c2)CCOC1=O. The van der Waals surface area contributed by atoms with Crippen molar-refractivity contribution in [3.05, 3.63) is 29.8 Å². The molecule has 0 aliphatic carbocycles. The van der Waals surface area contributed by atoms with Crippen molar-refractivity contribution in [3.8, 4) is 11.5 Å². The monoisotopic (exact) mass is 361 g/mol. The Hall–Kier alpha value is -2.34. The summed E-state index contributed by atoms with van der Waals surface area (Å²) in [5, 5.41) is 9.65. The van der Waals surface area contributed by atoms with Gasteiger partial charge in [0.15, 0.2) is 17.3 Å². The van der Waals surface area contributed by atoms with Gasteiger partial charge in [-0.05, 0) is 49.8 Å². The van der Waals surface area contributed by atoms with Crippen molar-refractivity contribution in [1.29, 1.82) is 0 Å². The second kappa shape index (κ2) is 8.85. The fourth-order valence-corrected chi connectivity index (χ4v) is 3.15. The smallest absolute Gasteiger partial charge is 0.320 e. The van der Waals surface area contributed by atoms with Crippen molar-refractivity contribution in [2.45, 2.75) is 26.7 Å². The Bertz CT molecular complexity index is 681. The van der Waals surface area contributed by atoms with Crippen LogP contribution in [0.3, 0.4) is 0 Å². The number of cyclic esters (lactones) is 1. The average molecular weight is 361 g/mol. The van der Waals surface area contributed by atoms with Crippen LogP contribution in [0.5, 0.6) is 11.5 Å². The van der Waals surface area contributed by atoms with E-state index in [2.05, 4.69) is 18.7 Å². The summed E-state index contributed by atoms with van der Waals surface area (Å²) < 4.78 is 10.2. The molecule has 0 radical (unpaired) electrons. The number of esters is 1. The summed E-state index contributed by atoms with van der Waals surface area (Å²) in [6, 6.07) is 4.81. The van der Waals surface area contributed by atoms with Gasteiger partial charge in [-0.2, -0.15) is 0 Å². The highest BCUT2D eigenvalue weighted by Crippen LogP contribution is 2.36. The summed E-state index contributed by atoms with van der Waals surface area (Å²) >= 11 is 0. The Morgan fingerprint density at radius 3 is 2.69 bits per heavy atom. The molecule has 0 spiro atoms. The van der Waals surface area contributed by atoms with Gasteiger partial charge in [0.2, 0.25) is 0 Å². The maximum absolute atomic E-state index is 12.9. The predicted octanol–water partition coefficient (Wildman–Crippen LogP) is 2.65. The summed E-state index contributed by atoms with van der Waals surface area (Å²) in [5.74, 6) is -0.302. The van der Waals surface area contributed by atoms with Crippen molar-refractivity contribution >= 4 is 17.8 Å². The molecule has 2 rings (SSSR count). The number of methoxy groups -OCH3 is 1. The lowest BCUT2D eigenvalue weighted by Gasteiger charge is -2.26. The first-order valence-corrected chi connectivity index (χ1v) is 8.96. The van der Waals surface area contributed by atoms with Gasteiger partial charge in [0.1, 0.15) is 5.41 Å². The third kappa shape index (κ3) is 4.25. The van der Waals surface area contributed by atoms with E-state index in [0.29, 0.717) is 30.7 Å². The van der Waals surface area contributed by atoms with Crippen LogP contribution in [0.1, 0.15) is 32.3 Å². The molecular weight excluding hydrogens is 334 g/mol. The second-order valence-electron chi connectivity index (χ2n) is 6.37. The van der Waals surface area contributed by atoms with Gasteiger partial charge in [0, 0.05) is 6.42 Å². The zero-order chi connectivity index (χ0) is 19.2. The molecule has 1 aromatic carbocycles. The van der Waals surface area contributed by atoms with Crippen molar-refractivity contribution in [2.24, 2.45) is 5.41 Å². The van der Waals surface area contributed by atoms with E-state index >= 15 is 0 Å². The van der Waals surface area contributed by atoms with Crippen molar-refractivity contribution in [3.63, 3.8) is 0 Å². The molecule has 1 aliphatic rings. The zero-order valence-electron chi connectivity index (χ0n) is 15.7. The van der Waals surface area contributed by atoms with E-state index in [0.717, 1.165) is 13.1 Å². The fraction of sp³-hybridized carbons (Fsp3) is 0.500. The van der Waals surface area contributed by atoms with E-state index in [1.165, 1.54) is 19.3 Å². The van der Waals surface area contributed by atoms with Gasteiger partial charge in [-0.25, -0.2) is 0 Å². The lowest BCUT2D eigenvalue weighted by molar-refractivity contribution is -0.150. The molecule has 1 N–H and O–H groups in total. The molecule has 0 saturated carbocycles.